The highest BCUT2D eigenvalue weighted by atomic mass is 35.5. The highest BCUT2D eigenvalue weighted by Crippen LogP contribution is 2.47. The van der Waals surface area contributed by atoms with E-state index in [4.69, 9.17) is 21.1 Å². The second-order valence-corrected chi connectivity index (χ2v) is 6.29. The zero-order valence-corrected chi connectivity index (χ0v) is 14.8. The molecule has 0 bridgehead atoms. The standard InChI is InChI=1S/C19H19ClN2O3/c1-24-17-8-3-12(9-18(17)25-2)11-21-22-19(23)16-10-15(16)13-4-6-14(20)7-5-13/h3-9,11,15-16H,10H2,1-2H3,(H,22,23). The number of benzene rings is 2. The van der Waals surface area contributed by atoms with Crippen molar-refractivity contribution in [2.45, 2.75) is 12.3 Å². The summed E-state index contributed by atoms with van der Waals surface area (Å²) in [5.74, 6) is 1.39. The van der Waals surface area contributed by atoms with Crippen LogP contribution in [0.1, 0.15) is 23.5 Å². The van der Waals surface area contributed by atoms with Gasteiger partial charge in [0.25, 0.3) is 0 Å². The monoisotopic (exact) mass is 358 g/mol. The topological polar surface area (TPSA) is 59.9 Å². The zero-order valence-electron chi connectivity index (χ0n) is 14.0. The number of hydrazone groups is 1. The second-order valence-electron chi connectivity index (χ2n) is 5.85. The largest absolute Gasteiger partial charge is 0.493 e. The van der Waals surface area contributed by atoms with Crippen LogP contribution in [0.4, 0.5) is 0 Å². The van der Waals surface area contributed by atoms with Gasteiger partial charge in [-0.15, -0.1) is 0 Å². The Hall–Kier alpha value is -2.53. The van der Waals surface area contributed by atoms with E-state index in [1.54, 1.807) is 32.6 Å². The molecule has 6 heteroatoms. The van der Waals surface area contributed by atoms with Gasteiger partial charge >= 0.3 is 0 Å². The van der Waals surface area contributed by atoms with E-state index in [-0.39, 0.29) is 17.7 Å². The van der Waals surface area contributed by atoms with E-state index in [9.17, 15) is 4.79 Å². The first-order valence-electron chi connectivity index (χ1n) is 7.92. The predicted octanol–water partition coefficient (Wildman–Crippen LogP) is 3.61. The molecule has 1 fully saturated rings. The molecule has 1 N–H and O–H groups in total. The van der Waals surface area contributed by atoms with Crippen LogP contribution in [0.5, 0.6) is 11.5 Å². The van der Waals surface area contributed by atoms with Crippen LogP contribution in [0.25, 0.3) is 0 Å². The smallest absolute Gasteiger partial charge is 0.243 e. The molecule has 2 aromatic carbocycles. The summed E-state index contributed by atoms with van der Waals surface area (Å²) in [6.07, 6.45) is 2.42. The van der Waals surface area contributed by atoms with Crippen molar-refractivity contribution in [3.63, 3.8) is 0 Å². The molecule has 1 saturated carbocycles. The maximum Gasteiger partial charge on any atom is 0.243 e. The molecule has 2 unspecified atom stereocenters. The van der Waals surface area contributed by atoms with Gasteiger partial charge in [-0.3, -0.25) is 4.79 Å². The third kappa shape index (κ3) is 4.12. The first-order chi connectivity index (χ1) is 12.1. The maximum atomic E-state index is 12.2. The van der Waals surface area contributed by atoms with E-state index in [2.05, 4.69) is 10.5 Å². The summed E-state index contributed by atoms with van der Waals surface area (Å²) in [5, 5.41) is 4.73. The highest BCUT2D eigenvalue weighted by molar-refractivity contribution is 6.30. The van der Waals surface area contributed by atoms with Crippen LogP contribution < -0.4 is 14.9 Å². The van der Waals surface area contributed by atoms with Crippen LogP contribution in [0.3, 0.4) is 0 Å². The van der Waals surface area contributed by atoms with Gasteiger partial charge in [0.05, 0.1) is 20.4 Å². The van der Waals surface area contributed by atoms with Crippen molar-refractivity contribution >= 4 is 23.7 Å². The highest BCUT2D eigenvalue weighted by Gasteiger charge is 2.43. The first-order valence-corrected chi connectivity index (χ1v) is 8.30. The number of rotatable bonds is 6. The Balaban J connectivity index is 1.56. The molecule has 0 saturated heterocycles. The SMILES string of the molecule is COc1ccc(C=NNC(=O)C2CC2c2ccc(Cl)cc2)cc1OC. The van der Waals surface area contributed by atoms with Crippen LogP contribution in [-0.4, -0.2) is 26.3 Å². The third-order valence-electron chi connectivity index (χ3n) is 4.22. The average Bonchev–Trinajstić information content (AvgIpc) is 3.43. The van der Waals surface area contributed by atoms with Crippen molar-refractivity contribution in [2.24, 2.45) is 11.0 Å². The van der Waals surface area contributed by atoms with Gasteiger partial charge < -0.3 is 9.47 Å². The Morgan fingerprint density at radius 3 is 2.56 bits per heavy atom. The molecular formula is C19H19ClN2O3. The lowest BCUT2D eigenvalue weighted by Crippen LogP contribution is -2.20. The van der Waals surface area contributed by atoms with E-state index in [1.807, 2.05) is 30.3 Å². The van der Waals surface area contributed by atoms with E-state index in [0.717, 1.165) is 17.5 Å². The number of hydrogen-bond acceptors (Lipinski definition) is 4. The van der Waals surface area contributed by atoms with E-state index in [1.165, 1.54) is 0 Å². The van der Waals surface area contributed by atoms with Crippen LogP contribution in [0.2, 0.25) is 5.02 Å². The normalized spacial score (nSPS) is 18.8. The van der Waals surface area contributed by atoms with E-state index >= 15 is 0 Å². The lowest BCUT2D eigenvalue weighted by molar-refractivity contribution is -0.122. The summed E-state index contributed by atoms with van der Waals surface area (Å²) in [5.41, 5.74) is 4.54. The lowest BCUT2D eigenvalue weighted by Gasteiger charge is -2.07. The molecule has 0 aromatic heterocycles. The van der Waals surface area contributed by atoms with Gasteiger partial charge in [-0.1, -0.05) is 23.7 Å². The summed E-state index contributed by atoms with van der Waals surface area (Å²) >= 11 is 5.89. The van der Waals surface area contributed by atoms with Gasteiger partial charge in [-0.05, 0) is 53.8 Å². The Morgan fingerprint density at radius 1 is 1.16 bits per heavy atom. The van der Waals surface area contributed by atoms with Crippen LogP contribution in [0, 0.1) is 5.92 Å². The number of hydrogen-bond donors (Lipinski definition) is 1. The van der Waals surface area contributed by atoms with Gasteiger partial charge in [0.15, 0.2) is 11.5 Å². The lowest BCUT2D eigenvalue weighted by atomic mass is 10.1. The molecule has 2 aromatic rings. The predicted molar refractivity (Wildman–Crippen MR) is 97.6 cm³/mol. The molecule has 1 amide bonds. The Morgan fingerprint density at radius 2 is 1.88 bits per heavy atom. The van der Waals surface area contributed by atoms with Crippen molar-refractivity contribution in [3.8, 4) is 11.5 Å². The van der Waals surface area contributed by atoms with Crippen LogP contribution in [0.15, 0.2) is 47.6 Å². The fourth-order valence-corrected chi connectivity index (χ4v) is 2.88. The molecule has 5 nitrogen and oxygen atoms in total. The number of carbonyl (C=O) groups is 1. The van der Waals surface area contributed by atoms with Crippen LogP contribution in [-0.2, 0) is 4.79 Å². The number of halogens is 1. The number of methoxy groups -OCH3 is 2. The van der Waals surface area contributed by atoms with Crippen molar-refractivity contribution in [2.75, 3.05) is 14.2 Å². The van der Waals surface area contributed by atoms with Gasteiger partial charge in [0.1, 0.15) is 0 Å². The molecular weight excluding hydrogens is 340 g/mol. The summed E-state index contributed by atoms with van der Waals surface area (Å²) in [6, 6.07) is 13.0. The molecule has 2 atom stereocenters. The summed E-state index contributed by atoms with van der Waals surface area (Å²) in [6.45, 7) is 0. The molecule has 1 aliphatic carbocycles. The minimum absolute atomic E-state index is 0.0382. The minimum Gasteiger partial charge on any atom is -0.493 e. The molecule has 0 spiro atoms. The minimum atomic E-state index is -0.0725. The van der Waals surface area contributed by atoms with Crippen molar-refractivity contribution < 1.29 is 14.3 Å². The van der Waals surface area contributed by atoms with Gasteiger partial charge in [0.2, 0.25) is 5.91 Å². The average molecular weight is 359 g/mol. The molecule has 1 aliphatic rings. The fraction of sp³-hybridized carbons (Fsp3) is 0.263. The Kier molecular flexibility index (Phi) is 5.24. The van der Waals surface area contributed by atoms with E-state index in [0.29, 0.717) is 16.5 Å². The Labute approximate surface area is 151 Å². The Bertz CT molecular complexity index is 790. The summed E-state index contributed by atoms with van der Waals surface area (Å²) in [7, 11) is 3.16. The zero-order chi connectivity index (χ0) is 17.8. The number of amides is 1. The van der Waals surface area contributed by atoms with Crippen LogP contribution >= 0.6 is 11.6 Å². The number of nitrogens with zero attached hydrogens (tertiary/aromatic N) is 1. The molecule has 0 radical (unpaired) electrons. The number of ether oxygens (including phenoxy) is 2. The molecule has 25 heavy (non-hydrogen) atoms. The number of nitrogens with one attached hydrogen (secondary N) is 1. The molecule has 0 aliphatic heterocycles. The second kappa shape index (κ2) is 7.57. The van der Waals surface area contributed by atoms with Crippen molar-refractivity contribution in [1.82, 2.24) is 5.43 Å². The van der Waals surface area contributed by atoms with Crippen molar-refractivity contribution in [3.05, 3.63) is 58.6 Å². The van der Waals surface area contributed by atoms with Gasteiger partial charge in [-0.25, -0.2) is 5.43 Å². The fourth-order valence-electron chi connectivity index (χ4n) is 2.75. The molecule has 0 heterocycles. The van der Waals surface area contributed by atoms with Gasteiger partial charge in [-0.2, -0.15) is 5.10 Å². The number of carbonyl (C=O) groups excluding carboxylic acids is 1. The quantitative estimate of drug-likeness (QED) is 0.634. The third-order valence-corrected chi connectivity index (χ3v) is 4.47. The maximum absolute atomic E-state index is 12.2. The summed E-state index contributed by atoms with van der Waals surface area (Å²) in [4.78, 5) is 12.2. The summed E-state index contributed by atoms with van der Waals surface area (Å²) < 4.78 is 10.4. The first kappa shape index (κ1) is 17.3. The van der Waals surface area contributed by atoms with E-state index < -0.39 is 0 Å². The molecule has 130 valence electrons. The van der Waals surface area contributed by atoms with Gasteiger partial charge in [0, 0.05) is 10.9 Å². The molecule has 3 rings (SSSR count). The van der Waals surface area contributed by atoms with Crippen molar-refractivity contribution in [1.29, 1.82) is 0 Å².